The summed E-state index contributed by atoms with van der Waals surface area (Å²) >= 11 is 0. The quantitative estimate of drug-likeness (QED) is 0.250. The van der Waals surface area contributed by atoms with E-state index in [0.29, 0.717) is 5.75 Å². The van der Waals surface area contributed by atoms with Crippen molar-refractivity contribution in [3.05, 3.63) is 125 Å². The molecule has 0 saturated carbocycles. The number of sulfonamides is 1. The first-order valence-electron chi connectivity index (χ1n) is 14.0. The molecule has 9 heteroatoms. The minimum Gasteiger partial charge on any atom is -0.495 e. The second-order valence-electron chi connectivity index (χ2n) is 10.3. The lowest BCUT2D eigenvalue weighted by Gasteiger charge is -2.34. The van der Waals surface area contributed by atoms with Crippen LogP contribution in [0.5, 0.6) is 5.75 Å². The van der Waals surface area contributed by atoms with Gasteiger partial charge in [0.25, 0.3) is 10.0 Å². The van der Waals surface area contributed by atoms with Crippen molar-refractivity contribution < 1.29 is 22.7 Å². The minimum absolute atomic E-state index is 0.0312. The van der Waals surface area contributed by atoms with Crippen LogP contribution in [0.25, 0.3) is 0 Å². The van der Waals surface area contributed by atoms with Gasteiger partial charge in [-0.05, 0) is 54.8 Å². The maximum Gasteiger partial charge on any atom is 0.264 e. The van der Waals surface area contributed by atoms with Crippen molar-refractivity contribution in [2.24, 2.45) is 0 Å². The number of benzene rings is 4. The number of hydrogen-bond donors (Lipinski definition) is 1. The SMILES string of the molecule is CNC(=O)C(Cc1ccccc1)N(Cc1cccc(C)c1)C(=O)CN(c1cc(C)ccc1OC)S(=O)(=O)c1ccccc1. The fourth-order valence-electron chi connectivity index (χ4n) is 4.96. The highest BCUT2D eigenvalue weighted by Crippen LogP contribution is 2.34. The lowest BCUT2D eigenvalue weighted by atomic mass is 10.0. The standard InChI is InChI=1S/C34H37N3O5S/c1-25-12-11-15-28(20-25)23-36(31(34(39)35-3)22-27-13-7-5-8-14-27)33(38)24-37(30-21-26(2)18-19-32(30)42-4)43(40,41)29-16-9-6-10-17-29/h5-21,31H,22-24H2,1-4H3,(H,35,39). The molecule has 2 amide bonds. The van der Waals surface area contributed by atoms with Gasteiger partial charge in [-0.2, -0.15) is 0 Å². The lowest BCUT2D eigenvalue weighted by Crippen LogP contribution is -2.53. The van der Waals surface area contributed by atoms with Crippen LogP contribution in [-0.2, 0) is 32.6 Å². The summed E-state index contributed by atoms with van der Waals surface area (Å²) in [7, 11) is -1.24. The van der Waals surface area contributed by atoms with Crippen molar-refractivity contribution in [3.8, 4) is 5.75 Å². The Morgan fingerprint density at radius 1 is 0.814 bits per heavy atom. The molecule has 4 aromatic carbocycles. The summed E-state index contributed by atoms with van der Waals surface area (Å²) in [5, 5.41) is 2.70. The number of anilines is 1. The van der Waals surface area contributed by atoms with Crippen LogP contribution < -0.4 is 14.4 Å². The predicted molar refractivity (Wildman–Crippen MR) is 168 cm³/mol. The first-order valence-corrected chi connectivity index (χ1v) is 15.4. The molecule has 1 N–H and O–H groups in total. The summed E-state index contributed by atoms with van der Waals surface area (Å²) in [4.78, 5) is 29.3. The molecule has 4 aromatic rings. The van der Waals surface area contributed by atoms with E-state index in [2.05, 4.69) is 5.32 Å². The molecule has 1 atom stereocenters. The highest BCUT2D eigenvalue weighted by molar-refractivity contribution is 7.92. The van der Waals surface area contributed by atoms with Crippen LogP contribution in [0, 0.1) is 13.8 Å². The summed E-state index contributed by atoms with van der Waals surface area (Å²) in [6.07, 6.45) is 0.247. The first kappa shape index (κ1) is 31.3. The van der Waals surface area contributed by atoms with E-state index in [0.717, 1.165) is 26.6 Å². The second-order valence-corrected chi connectivity index (χ2v) is 12.2. The number of ether oxygens (including phenoxy) is 1. The maximum atomic E-state index is 14.4. The summed E-state index contributed by atoms with van der Waals surface area (Å²) in [6, 6.07) is 29.3. The Morgan fingerprint density at radius 3 is 2.07 bits per heavy atom. The summed E-state index contributed by atoms with van der Waals surface area (Å²) in [5.41, 5.74) is 3.71. The Bertz CT molecular complexity index is 1660. The van der Waals surface area contributed by atoms with E-state index in [1.807, 2.05) is 74.5 Å². The van der Waals surface area contributed by atoms with Gasteiger partial charge < -0.3 is 15.0 Å². The Hall–Kier alpha value is -4.63. The van der Waals surface area contributed by atoms with E-state index < -0.39 is 28.5 Å². The van der Waals surface area contributed by atoms with Crippen molar-refractivity contribution in [2.45, 2.75) is 37.8 Å². The average Bonchev–Trinajstić information content (AvgIpc) is 3.02. The van der Waals surface area contributed by atoms with Gasteiger partial charge in [0.05, 0.1) is 17.7 Å². The van der Waals surface area contributed by atoms with Gasteiger partial charge in [0.2, 0.25) is 11.8 Å². The smallest absolute Gasteiger partial charge is 0.264 e. The number of aryl methyl sites for hydroxylation is 2. The number of methoxy groups -OCH3 is 1. The van der Waals surface area contributed by atoms with E-state index >= 15 is 0 Å². The number of hydrogen-bond acceptors (Lipinski definition) is 5. The lowest BCUT2D eigenvalue weighted by molar-refractivity contribution is -0.139. The normalized spacial score (nSPS) is 11.8. The van der Waals surface area contributed by atoms with Crippen molar-refractivity contribution in [3.63, 3.8) is 0 Å². The third kappa shape index (κ3) is 7.61. The zero-order valence-corrected chi connectivity index (χ0v) is 25.7. The predicted octanol–water partition coefficient (Wildman–Crippen LogP) is 4.89. The van der Waals surface area contributed by atoms with E-state index in [1.54, 1.807) is 30.3 Å². The number of amides is 2. The van der Waals surface area contributed by atoms with Gasteiger partial charge >= 0.3 is 0 Å². The van der Waals surface area contributed by atoms with Crippen LogP contribution in [0.15, 0.2) is 108 Å². The van der Waals surface area contributed by atoms with E-state index in [9.17, 15) is 18.0 Å². The van der Waals surface area contributed by atoms with Gasteiger partial charge in [0, 0.05) is 20.0 Å². The number of carbonyl (C=O) groups is 2. The van der Waals surface area contributed by atoms with Crippen LogP contribution in [0.4, 0.5) is 5.69 Å². The molecular formula is C34H37N3O5S. The van der Waals surface area contributed by atoms with Crippen molar-refractivity contribution in [1.29, 1.82) is 0 Å². The van der Waals surface area contributed by atoms with Crippen LogP contribution in [0.2, 0.25) is 0 Å². The molecule has 0 heterocycles. The summed E-state index contributed by atoms with van der Waals surface area (Å²) in [6.45, 7) is 3.35. The molecule has 0 aliphatic rings. The number of rotatable bonds is 12. The molecule has 8 nitrogen and oxygen atoms in total. The van der Waals surface area contributed by atoms with Gasteiger partial charge in [-0.3, -0.25) is 13.9 Å². The Kier molecular flexibility index (Phi) is 10.2. The molecule has 0 fully saturated rings. The largest absolute Gasteiger partial charge is 0.495 e. The Morgan fingerprint density at radius 2 is 1.44 bits per heavy atom. The Balaban J connectivity index is 1.83. The van der Waals surface area contributed by atoms with Gasteiger partial charge in [0.15, 0.2) is 0 Å². The van der Waals surface area contributed by atoms with E-state index in [-0.39, 0.29) is 29.5 Å². The number of likely N-dealkylation sites (N-methyl/N-ethyl adjacent to an activating group) is 1. The molecule has 0 bridgehead atoms. The first-order chi connectivity index (χ1) is 20.6. The summed E-state index contributed by atoms with van der Waals surface area (Å²) in [5.74, 6) is -0.583. The van der Waals surface area contributed by atoms with Gasteiger partial charge in [-0.15, -0.1) is 0 Å². The zero-order valence-electron chi connectivity index (χ0n) is 24.9. The highest BCUT2D eigenvalue weighted by atomic mass is 32.2. The van der Waals surface area contributed by atoms with Crippen molar-refractivity contribution in [2.75, 3.05) is 25.0 Å². The second kappa shape index (κ2) is 14.0. The number of carbonyl (C=O) groups excluding carboxylic acids is 2. The molecule has 43 heavy (non-hydrogen) atoms. The van der Waals surface area contributed by atoms with Crippen molar-refractivity contribution in [1.82, 2.24) is 10.2 Å². The van der Waals surface area contributed by atoms with Gasteiger partial charge in [0.1, 0.15) is 18.3 Å². The van der Waals surface area contributed by atoms with Gasteiger partial charge in [-0.1, -0.05) is 84.4 Å². The Labute approximate surface area is 254 Å². The molecule has 1 unspecified atom stereocenters. The minimum atomic E-state index is -4.22. The molecule has 4 rings (SSSR count). The molecule has 0 aliphatic heterocycles. The van der Waals surface area contributed by atoms with Crippen molar-refractivity contribution >= 4 is 27.5 Å². The van der Waals surface area contributed by atoms with Gasteiger partial charge in [-0.25, -0.2) is 8.42 Å². The van der Waals surface area contributed by atoms with Crippen LogP contribution in [0.3, 0.4) is 0 Å². The molecule has 0 radical (unpaired) electrons. The fourth-order valence-corrected chi connectivity index (χ4v) is 6.39. The average molecular weight is 600 g/mol. The monoisotopic (exact) mass is 599 g/mol. The number of nitrogens with zero attached hydrogens (tertiary/aromatic N) is 2. The van der Waals surface area contributed by atoms with Crippen LogP contribution >= 0.6 is 0 Å². The highest BCUT2D eigenvalue weighted by Gasteiger charge is 2.35. The maximum absolute atomic E-state index is 14.4. The topological polar surface area (TPSA) is 96.0 Å². The molecule has 224 valence electrons. The van der Waals surface area contributed by atoms with Crippen LogP contribution in [0.1, 0.15) is 22.3 Å². The van der Waals surface area contributed by atoms with Crippen LogP contribution in [-0.4, -0.2) is 51.9 Å². The molecule has 0 aromatic heterocycles. The third-order valence-electron chi connectivity index (χ3n) is 7.17. The van der Waals surface area contributed by atoms with E-state index in [4.69, 9.17) is 4.74 Å². The summed E-state index contributed by atoms with van der Waals surface area (Å²) < 4.78 is 34.9. The molecule has 0 spiro atoms. The number of nitrogens with one attached hydrogen (secondary N) is 1. The molecule has 0 saturated heterocycles. The third-order valence-corrected chi connectivity index (χ3v) is 8.94. The fraction of sp³-hybridized carbons (Fsp3) is 0.235. The molecular weight excluding hydrogens is 562 g/mol. The molecule has 0 aliphatic carbocycles. The van der Waals surface area contributed by atoms with E-state index in [1.165, 1.54) is 31.2 Å². The zero-order chi connectivity index (χ0) is 31.0.